The summed E-state index contributed by atoms with van der Waals surface area (Å²) in [6.07, 6.45) is 0. The molecule has 0 saturated carbocycles. The maximum Gasteiger partial charge on any atom is 0.338 e. The Hall–Kier alpha value is -1.65. The number of carboxylic acids is 1. The molecule has 0 fully saturated rings. The van der Waals surface area contributed by atoms with Crippen molar-refractivity contribution in [3.05, 3.63) is 28.7 Å². The fourth-order valence-corrected chi connectivity index (χ4v) is 0.805. The first kappa shape index (κ1) is 8.45. The molecule has 0 saturated heterocycles. The van der Waals surface area contributed by atoms with Crippen molar-refractivity contribution in [2.75, 3.05) is 0 Å². The highest BCUT2D eigenvalue weighted by molar-refractivity contribution is 6.32. The van der Waals surface area contributed by atoms with E-state index < -0.39 is 5.97 Å². The first-order valence-electron chi connectivity index (χ1n) is 3.11. The van der Waals surface area contributed by atoms with Crippen molar-refractivity contribution in [1.29, 1.82) is 0 Å². The molecule has 1 N–H and O–H groups in total. The maximum absolute atomic E-state index is 10.5. The monoisotopic (exact) mass is 161 g/mol. The largest absolute Gasteiger partial charge is 0.478 e. The molecule has 0 spiro atoms. The molecule has 2 radical (unpaired) electrons. The smallest absolute Gasteiger partial charge is 0.338 e. The Bertz CT molecular complexity index is 337. The van der Waals surface area contributed by atoms with Gasteiger partial charge in [0.15, 0.2) is 0 Å². The van der Waals surface area contributed by atoms with Crippen molar-refractivity contribution in [3.8, 4) is 0 Å². The highest BCUT2D eigenvalue weighted by atomic mass is 16.4. The molecule has 12 heavy (non-hydrogen) atoms. The molecule has 0 amide bonds. The van der Waals surface area contributed by atoms with E-state index in [0.29, 0.717) is 5.46 Å². The average molecular weight is 161 g/mol. The van der Waals surface area contributed by atoms with Crippen LogP contribution in [0.25, 0.3) is 0 Å². The fourth-order valence-electron chi connectivity index (χ4n) is 0.805. The Morgan fingerprint density at radius 2 is 2.17 bits per heavy atom. The van der Waals surface area contributed by atoms with E-state index in [1.807, 2.05) is 0 Å². The minimum Gasteiger partial charge on any atom is -0.478 e. The zero-order valence-electron chi connectivity index (χ0n) is 6.02. The van der Waals surface area contributed by atoms with Gasteiger partial charge in [-0.2, -0.15) is 0 Å². The van der Waals surface area contributed by atoms with Crippen molar-refractivity contribution in [2.24, 2.45) is 5.18 Å². The van der Waals surface area contributed by atoms with Gasteiger partial charge in [0.1, 0.15) is 13.5 Å². The van der Waals surface area contributed by atoms with Crippen LogP contribution in [0.15, 0.2) is 23.4 Å². The summed E-state index contributed by atoms with van der Waals surface area (Å²) in [4.78, 5) is 20.6. The number of carboxylic acid groups (broad SMARTS) is 1. The van der Waals surface area contributed by atoms with Gasteiger partial charge in [-0.1, -0.05) is 11.5 Å². The lowest BCUT2D eigenvalue weighted by Crippen LogP contribution is -2.04. The summed E-state index contributed by atoms with van der Waals surface area (Å²) in [5.41, 5.74) is 0.0244. The first-order valence-corrected chi connectivity index (χ1v) is 3.11. The zero-order valence-corrected chi connectivity index (χ0v) is 6.02. The van der Waals surface area contributed by atoms with Crippen LogP contribution in [0.1, 0.15) is 10.4 Å². The predicted molar refractivity (Wildman–Crippen MR) is 44.2 cm³/mol. The summed E-state index contributed by atoms with van der Waals surface area (Å²) in [7, 11) is 5.31. The summed E-state index contributed by atoms with van der Waals surface area (Å²) in [5, 5.41) is 11.1. The van der Waals surface area contributed by atoms with Crippen LogP contribution in [0.4, 0.5) is 5.69 Å². The number of hydrogen-bond acceptors (Lipinski definition) is 3. The number of hydrogen-bond donors (Lipinski definition) is 1. The number of benzene rings is 1. The molecule has 0 bridgehead atoms. The second-order valence-electron chi connectivity index (χ2n) is 2.17. The van der Waals surface area contributed by atoms with Crippen molar-refractivity contribution in [3.63, 3.8) is 0 Å². The Morgan fingerprint density at radius 1 is 1.50 bits per heavy atom. The average Bonchev–Trinajstić information content (AvgIpc) is 2.03. The van der Waals surface area contributed by atoms with E-state index in [-0.39, 0.29) is 11.3 Å². The molecule has 1 rings (SSSR count). The zero-order chi connectivity index (χ0) is 9.14. The summed E-state index contributed by atoms with van der Waals surface area (Å²) < 4.78 is 0. The Balaban J connectivity index is 3.29. The fraction of sp³-hybridized carbons (Fsp3) is 0. The van der Waals surface area contributed by atoms with Gasteiger partial charge in [0.2, 0.25) is 0 Å². The summed E-state index contributed by atoms with van der Waals surface area (Å²) in [6.45, 7) is 0. The maximum atomic E-state index is 10.5. The standard InChI is InChI=1S/C7H4BNO3/c8-4-1-2-5(7(10)11)6(3-4)9-12/h1-3H,(H,10,11). The van der Waals surface area contributed by atoms with Crippen molar-refractivity contribution in [1.82, 2.24) is 0 Å². The SMILES string of the molecule is [B]c1ccc(C(=O)O)c(N=O)c1. The van der Waals surface area contributed by atoms with E-state index in [1.54, 1.807) is 0 Å². The van der Waals surface area contributed by atoms with Crippen molar-refractivity contribution in [2.45, 2.75) is 0 Å². The van der Waals surface area contributed by atoms with Crippen LogP contribution in [0.5, 0.6) is 0 Å². The van der Waals surface area contributed by atoms with Crippen LogP contribution < -0.4 is 5.46 Å². The molecule has 0 aliphatic carbocycles. The summed E-state index contributed by atoms with van der Waals surface area (Å²) >= 11 is 0. The predicted octanol–water partition coefficient (Wildman–Crippen LogP) is 0.577. The van der Waals surface area contributed by atoms with Gasteiger partial charge in [-0.3, -0.25) is 0 Å². The van der Waals surface area contributed by atoms with E-state index >= 15 is 0 Å². The van der Waals surface area contributed by atoms with Crippen LogP contribution >= 0.6 is 0 Å². The molecular weight excluding hydrogens is 157 g/mol. The van der Waals surface area contributed by atoms with E-state index in [0.717, 1.165) is 0 Å². The van der Waals surface area contributed by atoms with Gasteiger partial charge in [0, 0.05) is 0 Å². The van der Waals surface area contributed by atoms with Crippen LogP contribution in [0, 0.1) is 4.91 Å². The molecule has 1 aromatic carbocycles. The van der Waals surface area contributed by atoms with Gasteiger partial charge < -0.3 is 5.11 Å². The molecule has 0 atom stereocenters. The molecule has 58 valence electrons. The van der Waals surface area contributed by atoms with Crippen molar-refractivity contribution >= 4 is 25.0 Å². The van der Waals surface area contributed by atoms with E-state index in [1.165, 1.54) is 18.2 Å². The Kier molecular flexibility index (Phi) is 2.23. The number of rotatable bonds is 2. The van der Waals surface area contributed by atoms with Crippen LogP contribution in [-0.4, -0.2) is 18.9 Å². The Morgan fingerprint density at radius 3 is 2.67 bits per heavy atom. The van der Waals surface area contributed by atoms with Crippen LogP contribution in [0.3, 0.4) is 0 Å². The second-order valence-corrected chi connectivity index (χ2v) is 2.17. The lowest BCUT2D eigenvalue weighted by molar-refractivity contribution is 0.0698. The second kappa shape index (κ2) is 3.17. The minimum atomic E-state index is -1.19. The number of nitrogens with zero attached hydrogens (tertiary/aromatic N) is 1. The molecule has 5 heteroatoms. The van der Waals surface area contributed by atoms with Gasteiger partial charge >= 0.3 is 5.97 Å². The molecule has 0 aromatic heterocycles. The molecule has 1 aromatic rings. The highest BCUT2D eigenvalue weighted by Gasteiger charge is 2.09. The molecule has 0 unspecified atom stereocenters. The van der Waals surface area contributed by atoms with Crippen LogP contribution in [0.2, 0.25) is 0 Å². The topological polar surface area (TPSA) is 66.7 Å². The third-order valence-electron chi connectivity index (χ3n) is 1.35. The molecule has 0 heterocycles. The summed E-state index contributed by atoms with van der Waals surface area (Å²) in [5.74, 6) is -1.19. The molecule has 0 aliphatic heterocycles. The quantitative estimate of drug-likeness (QED) is 0.509. The normalized spacial score (nSPS) is 9.33. The summed E-state index contributed by atoms with van der Waals surface area (Å²) in [6, 6.07) is 3.86. The van der Waals surface area contributed by atoms with E-state index in [2.05, 4.69) is 5.18 Å². The molecule has 0 aliphatic rings. The van der Waals surface area contributed by atoms with Gasteiger partial charge in [-0.25, -0.2) is 4.79 Å². The lowest BCUT2D eigenvalue weighted by atomic mass is 9.94. The van der Waals surface area contributed by atoms with Crippen molar-refractivity contribution < 1.29 is 9.90 Å². The van der Waals surface area contributed by atoms with E-state index in [4.69, 9.17) is 13.0 Å². The Labute approximate surface area is 69.6 Å². The van der Waals surface area contributed by atoms with Gasteiger partial charge in [0.05, 0.1) is 5.56 Å². The molecule has 4 nitrogen and oxygen atoms in total. The number of aromatic carboxylic acids is 1. The van der Waals surface area contributed by atoms with Gasteiger partial charge in [-0.15, -0.1) is 4.91 Å². The highest BCUT2D eigenvalue weighted by Crippen LogP contribution is 2.16. The third-order valence-corrected chi connectivity index (χ3v) is 1.35. The van der Waals surface area contributed by atoms with Gasteiger partial charge in [0.25, 0.3) is 0 Å². The van der Waals surface area contributed by atoms with Gasteiger partial charge in [-0.05, 0) is 17.3 Å². The number of nitroso groups, excluding NO2 is 1. The minimum absolute atomic E-state index is 0.140. The third kappa shape index (κ3) is 1.50. The van der Waals surface area contributed by atoms with Crippen LogP contribution in [-0.2, 0) is 0 Å². The first-order chi connectivity index (χ1) is 5.65. The molecular formula is C7H4BNO3. The number of carbonyl (C=O) groups is 1. The lowest BCUT2D eigenvalue weighted by Gasteiger charge is -1.98. The van der Waals surface area contributed by atoms with E-state index in [9.17, 15) is 9.70 Å².